The molecule has 0 radical (unpaired) electrons. The first kappa shape index (κ1) is 19.0. The summed E-state index contributed by atoms with van der Waals surface area (Å²) in [5.74, 6) is 0. The average molecular weight is 351 g/mol. The van der Waals surface area contributed by atoms with E-state index in [2.05, 4.69) is 5.16 Å². The minimum atomic E-state index is -4.50. The number of oxime groups is 1. The molecule has 0 saturated carbocycles. The highest BCUT2D eigenvalue weighted by Crippen LogP contribution is 2.21. The van der Waals surface area contributed by atoms with E-state index in [4.69, 9.17) is 9.57 Å². The Hall–Kier alpha value is -2.34. The molecular formula is C19H20F3NO2. The second-order valence-corrected chi connectivity index (χ2v) is 5.44. The van der Waals surface area contributed by atoms with Crippen LogP contribution in [0, 0.1) is 0 Å². The third-order valence-electron chi connectivity index (χ3n) is 3.39. The van der Waals surface area contributed by atoms with Gasteiger partial charge in [-0.2, -0.15) is 13.2 Å². The number of hydrogen-bond acceptors (Lipinski definition) is 3. The second-order valence-electron chi connectivity index (χ2n) is 5.44. The Balaban J connectivity index is 1.74. The number of alkyl halides is 3. The Kier molecular flexibility index (Phi) is 7.47. The van der Waals surface area contributed by atoms with Gasteiger partial charge in [0.15, 0.2) is 5.71 Å². The molecule has 0 unspecified atom stereocenters. The van der Waals surface area contributed by atoms with E-state index in [9.17, 15) is 13.2 Å². The Morgan fingerprint density at radius 1 is 0.840 bits per heavy atom. The van der Waals surface area contributed by atoms with Crippen molar-refractivity contribution in [3.8, 4) is 0 Å². The molecule has 2 rings (SSSR count). The van der Waals surface area contributed by atoms with Gasteiger partial charge in [0.1, 0.15) is 6.61 Å². The van der Waals surface area contributed by atoms with Gasteiger partial charge in [-0.3, -0.25) is 0 Å². The summed E-state index contributed by atoms with van der Waals surface area (Å²) in [6.07, 6.45) is -4.52. The van der Waals surface area contributed by atoms with Crippen LogP contribution >= 0.6 is 0 Å². The minimum Gasteiger partial charge on any atom is -0.391 e. The summed E-state index contributed by atoms with van der Waals surface area (Å²) in [5, 5.41) is 3.28. The molecule has 0 bridgehead atoms. The lowest BCUT2D eigenvalue weighted by Crippen LogP contribution is -2.23. The largest absolute Gasteiger partial charge is 0.432 e. The second kappa shape index (κ2) is 9.84. The molecule has 25 heavy (non-hydrogen) atoms. The van der Waals surface area contributed by atoms with E-state index in [0.717, 1.165) is 11.1 Å². The van der Waals surface area contributed by atoms with Gasteiger partial charge in [0.05, 0.1) is 6.61 Å². The van der Waals surface area contributed by atoms with Gasteiger partial charge in [0.25, 0.3) is 0 Å². The van der Waals surface area contributed by atoms with Crippen LogP contribution in [0.1, 0.15) is 24.0 Å². The van der Waals surface area contributed by atoms with Crippen molar-refractivity contribution in [2.45, 2.75) is 32.2 Å². The average Bonchev–Trinajstić information content (AvgIpc) is 2.61. The third kappa shape index (κ3) is 7.39. The van der Waals surface area contributed by atoms with Gasteiger partial charge in [-0.05, 0) is 17.5 Å². The van der Waals surface area contributed by atoms with E-state index in [1.807, 2.05) is 36.4 Å². The van der Waals surface area contributed by atoms with Crippen LogP contribution in [0.25, 0.3) is 0 Å². The first-order valence-corrected chi connectivity index (χ1v) is 7.97. The van der Waals surface area contributed by atoms with Gasteiger partial charge in [-0.25, -0.2) is 0 Å². The third-order valence-corrected chi connectivity index (χ3v) is 3.39. The maximum absolute atomic E-state index is 13.0. The topological polar surface area (TPSA) is 30.8 Å². The summed E-state index contributed by atoms with van der Waals surface area (Å²) in [5.41, 5.74) is 0.823. The van der Waals surface area contributed by atoms with Crippen LogP contribution in [-0.2, 0) is 22.8 Å². The number of ether oxygens (including phenoxy) is 1. The van der Waals surface area contributed by atoms with Crippen LogP contribution in [0.4, 0.5) is 13.2 Å². The van der Waals surface area contributed by atoms with Crippen molar-refractivity contribution in [1.82, 2.24) is 0 Å². The van der Waals surface area contributed by atoms with E-state index in [-0.39, 0.29) is 26.1 Å². The normalized spacial score (nSPS) is 12.2. The fourth-order valence-electron chi connectivity index (χ4n) is 2.10. The van der Waals surface area contributed by atoms with Gasteiger partial charge >= 0.3 is 6.18 Å². The van der Waals surface area contributed by atoms with E-state index in [0.29, 0.717) is 6.61 Å². The molecule has 134 valence electrons. The monoisotopic (exact) mass is 351 g/mol. The molecule has 0 N–H and O–H groups in total. The quantitative estimate of drug-likeness (QED) is 0.357. The lowest BCUT2D eigenvalue weighted by molar-refractivity contribution is -0.0648. The Morgan fingerprint density at radius 3 is 1.96 bits per heavy atom. The van der Waals surface area contributed by atoms with Crippen molar-refractivity contribution < 1.29 is 22.7 Å². The molecule has 0 amide bonds. The minimum absolute atomic E-state index is 0.00489. The van der Waals surface area contributed by atoms with E-state index < -0.39 is 11.9 Å². The van der Waals surface area contributed by atoms with Crippen molar-refractivity contribution in [3.05, 3.63) is 71.8 Å². The van der Waals surface area contributed by atoms with Crippen LogP contribution in [0.2, 0.25) is 0 Å². The number of halogens is 3. The number of hydrogen-bond donors (Lipinski definition) is 0. The maximum atomic E-state index is 13.0. The van der Waals surface area contributed by atoms with Gasteiger partial charge in [0, 0.05) is 13.0 Å². The van der Waals surface area contributed by atoms with E-state index in [1.54, 1.807) is 24.3 Å². The highest BCUT2D eigenvalue weighted by molar-refractivity contribution is 5.89. The smallest absolute Gasteiger partial charge is 0.391 e. The highest BCUT2D eigenvalue weighted by atomic mass is 19.4. The van der Waals surface area contributed by atoms with Gasteiger partial charge in [-0.15, -0.1) is 0 Å². The van der Waals surface area contributed by atoms with Crippen molar-refractivity contribution in [2.75, 3.05) is 6.61 Å². The van der Waals surface area contributed by atoms with E-state index in [1.165, 1.54) is 0 Å². The number of rotatable bonds is 9. The summed E-state index contributed by atoms with van der Waals surface area (Å²) in [4.78, 5) is 4.86. The predicted molar refractivity (Wildman–Crippen MR) is 90.1 cm³/mol. The van der Waals surface area contributed by atoms with Gasteiger partial charge in [0.2, 0.25) is 0 Å². The molecule has 0 aromatic heterocycles. The fraction of sp³-hybridized carbons (Fsp3) is 0.316. The number of benzene rings is 2. The standard InChI is InChI=1S/C19H20F3NO2/c20-19(21,22)18(23-25-15-17-10-5-2-6-11-17)12-7-13-24-14-16-8-3-1-4-9-16/h1-6,8-11H,7,12-15H2/b23-18-. The summed E-state index contributed by atoms with van der Waals surface area (Å²) in [6, 6.07) is 18.4. The molecule has 0 heterocycles. The maximum Gasteiger partial charge on any atom is 0.432 e. The predicted octanol–water partition coefficient (Wildman–Crippen LogP) is 5.12. The zero-order valence-corrected chi connectivity index (χ0v) is 13.7. The molecule has 6 heteroatoms. The first-order valence-electron chi connectivity index (χ1n) is 7.97. The fourth-order valence-corrected chi connectivity index (χ4v) is 2.10. The summed E-state index contributed by atoms with van der Waals surface area (Å²) < 4.78 is 44.3. The molecule has 0 spiro atoms. The van der Waals surface area contributed by atoms with Crippen LogP contribution in [0.3, 0.4) is 0 Å². The lowest BCUT2D eigenvalue weighted by atomic mass is 10.2. The van der Waals surface area contributed by atoms with Crippen molar-refractivity contribution >= 4 is 5.71 Å². The molecule has 0 aliphatic heterocycles. The molecule has 3 nitrogen and oxygen atoms in total. The highest BCUT2D eigenvalue weighted by Gasteiger charge is 2.36. The Labute approximate surface area is 145 Å². The molecule has 0 aliphatic rings. The van der Waals surface area contributed by atoms with Crippen LogP contribution < -0.4 is 0 Å². The Bertz CT molecular complexity index is 643. The molecule has 0 fully saturated rings. The van der Waals surface area contributed by atoms with E-state index >= 15 is 0 Å². The van der Waals surface area contributed by atoms with Crippen LogP contribution in [-0.4, -0.2) is 18.5 Å². The summed E-state index contributed by atoms with van der Waals surface area (Å²) >= 11 is 0. The van der Waals surface area contributed by atoms with Gasteiger partial charge in [-0.1, -0.05) is 65.8 Å². The molecule has 0 saturated heterocycles. The molecule has 0 aliphatic carbocycles. The molecule has 0 atom stereocenters. The zero-order chi connectivity index (χ0) is 18.0. The Morgan fingerprint density at radius 2 is 1.40 bits per heavy atom. The van der Waals surface area contributed by atoms with Crippen LogP contribution in [0.15, 0.2) is 65.8 Å². The summed E-state index contributed by atoms with van der Waals surface area (Å²) in [6.45, 7) is 0.609. The zero-order valence-electron chi connectivity index (χ0n) is 13.7. The van der Waals surface area contributed by atoms with Crippen molar-refractivity contribution in [3.63, 3.8) is 0 Å². The number of nitrogens with zero attached hydrogens (tertiary/aromatic N) is 1. The SMILES string of the molecule is FC(F)(F)/C(CCCOCc1ccccc1)=N\OCc1ccccc1. The molecular weight excluding hydrogens is 331 g/mol. The summed E-state index contributed by atoms with van der Waals surface area (Å²) in [7, 11) is 0. The van der Waals surface area contributed by atoms with Gasteiger partial charge < -0.3 is 9.57 Å². The first-order chi connectivity index (χ1) is 12.1. The van der Waals surface area contributed by atoms with Crippen LogP contribution in [0.5, 0.6) is 0 Å². The molecule has 2 aromatic rings. The van der Waals surface area contributed by atoms with Crippen molar-refractivity contribution in [2.24, 2.45) is 5.16 Å². The molecule has 2 aromatic carbocycles. The van der Waals surface area contributed by atoms with Crippen molar-refractivity contribution in [1.29, 1.82) is 0 Å². The lowest BCUT2D eigenvalue weighted by Gasteiger charge is -2.10.